The van der Waals surface area contributed by atoms with Gasteiger partial charge in [0.2, 0.25) is 0 Å². The van der Waals surface area contributed by atoms with Crippen LogP contribution in [0.1, 0.15) is 50.4 Å². The molecule has 1 aliphatic carbocycles. The lowest BCUT2D eigenvalue weighted by Crippen LogP contribution is -2.26. The predicted molar refractivity (Wildman–Crippen MR) is 102 cm³/mol. The second-order valence-corrected chi connectivity index (χ2v) is 6.56. The number of fused-ring (bicyclic) bond motifs is 3. The maximum absolute atomic E-state index is 12.7. The van der Waals surface area contributed by atoms with Gasteiger partial charge in [0.25, 0.3) is 5.91 Å². The van der Waals surface area contributed by atoms with Crippen LogP contribution >= 0.6 is 0 Å². The van der Waals surface area contributed by atoms with Gasteiger partial charge in [-0.25, -0.2) is 0 Å². The molecular formula is C23H16N2O2. The summed E-state index contributed by atoms with van der Waals surface area (Å²) in [5.41, 5.74) is 4.96. The number of rotatable bonds is 3. The van der Waals surface area contributed by atoms with Gasteiger partial charge in [-0.3, -0.25) is 9.59 Å². The van der Waals surface area contributed by atoms with E-state index in [1.807, 2.05) is 49.4 Å². The van der Waals surface area contributed by atoms with Crippen molar-refractivity contribution in [2.45, 2.75) is 13.0 Å². The first kappa shape index (κ1) is 16.7. The number of carbonyl (C=O) groups is 2. The topological polar surface area (TPSA) is 70.0 Å². The standard InChI is InChI=1S/C23H16N2O2/c1-14(16-8-6-15(13-24)7-9-16)25-23(27)17-10-11-19-18-4-2-3-5-20(18)22(26)21(19)12-17/h2-12,14H,1H3,(H,25,27). The van der Waals surface area contributed by atoms with Gasteiger partial charge in [-0.2, -0.15) is 5.26 Å². The van der Waals surface area contributed by atoms with Gasteiger partial charge in [0.05, 0.1) is 17.7 Å². The molecule has 4 nitrogen and oxygen atoms in total. The van der Waals surface area contributed by atoms with E-state index in [1.54, 1.807) is 24.3 Å². The van der Waals surface area contributed by atoms with Crippen LogP contribution in [0.3, 0.4) is 0 Å². The summed E-state index contributed by atoms with van der Waals surface area (Å²) >= 11 is 0. The van der Waals surface area contributed by atoms with Crippen LogP contribution in [0.5, 0.6) is 0 Å². The van der Waals surface area contributed by atoms with Crippen LogP contribution in [0.2, 0.25) is 0 Å². The van der Waals surface area contributed by atoms with E-state index in [1.165, 1.54) is 0 Å². The third-order valence-electron chi connectivity index (χ3n) is 4.88. The van der Waals surface area contributed by atoms with Crippen molar-refractivity contribution in [1.82, 2.24) is 5.32 Å². The Kier molecular flexibility index (Phi) is 4.06. The van der Waals surface area contributed by atoms with Crippen molar-refractivity contribution in [3.63, 3.8) is 0 Å². The van der Waals surface area contributed by atoms with Crippen LogP contribution in [0.4, 0.5) is 0 Å². The first-order chi connectivity index (χ1) is 13.1. The number of nitriles is 1. The van der Waals surface area contributed by atoms with Crippen LogP contribution in [0, 0.1) is 11.3 Å². The highest BCUT2D eigenvalue weighted by Crippen LogP contribution is 2.36. The second-order valence-electron chi connectivity index (χ2n) is 6.56. The summed E-state index contributed by atoms with van der Waals surface area (Å²) in [4.78, 5) is 25.3. The summed E-state index contributed by atoms with van der Waals surface area (Å²) in [6.45, 7) is 1.88. The SMILES string of the molecule is CC(NC(=O)c1ccc2c(c1)C(=O)c1ccccc1-2)c1ccc(C#N)cc1. The Labute approximate surface area is 157 Å². The molecule has 0 saturated carbocycles. The Morgan fingerprint density at radius 1 is 0.926 bits per heavy atom. The zero-order valence-electron chi connectivity index (χ0n) is 14.7. The average Bonchev–Trinajstić information content (AvgIpc) is 3.00. The number of amides is 1. The summed E-state index contributed by atoms with van der Waals surface area (Å²) < 4.78 is 0. The fourth-order valence-corrected chi connectivity index (χ4v) is 3.38. The molecule has 0 aromatic heterocycles. The molecule has 1 aliphatic rings. The molecule has 0 radical (unpaired) electrons. The van der Waals surface area contributed by atoms with Gasteiger partial charge >= 0.3 is 0 Å². The minimum atomic E-state index is -0.238. The summed E-state index contributed by atoms with van der Waals surface area (Å²) in [5, 5.41) is 11.8. The molecule has 4 rings (SSSR count). The van der Waals surface area contributed by atoms with E-state index < -0.39 is 0 Å². The van der Waals surface area contributed by atoms with Gasteiger partial charge in [0.1, 0.15) is 0 Å². The van der Waals surface area contributed by atoms with E-state index in [0.717, 1.165) is 16.7 Å². The number of hydrogen-bond donors (Lipinski definition) is 1. The van der Waals surface area contributed by atoms with Crippen LogP contribution in [-0.4, -0.2) is 11.7 Å². The van der Waals surface area contributed by atoms with E-state index in [0.29, 0.717) is 22.3 Å². The highest BCUT2D eigenvalue weighted by molar-refractivity contribution is 6.22. The van der Waals surface area contributed by atoms with Crippen molar-refractivity contribution in [2.75, 3.05) is 0 Å². The molecule has 1 N–H and O–H groups in total. The normalized spacial score (nSPS) is 12.7. The van der Waals surface area contributed by atoms with Gasteiger partial charge in [-0.15, -0.1) is 0 Å². The molecular weight excluding hydrogens is 336 g/mol. The Balaban J connectivity index is 1.57. The molecule has 130 valence electrons. The summed E-state index contributed by atoms with van der Waals surface area (Å²) in [6, 6.07) is 21.7. The lowest BCUT2D eigenvalue weighted by molar-refractivity contribution is 0.0940. The van der Waals surface area contributed by atoms with E-state index in [-0.39, 0.29) is 17.7 Å². The number of nitrogens with one attached hydrogen (secondary N) is 1. The molecule has 1 amide bonds. The lowest BCUT2D eigenvalue weighted by Gasteiger charge is -2.15. The molecule has 1 unspecified atom stereocenters. The minimum absolute atomic E-state index is 0.0459. The Hall–Kier alpha value is -3.71. The number of nitrogens with zero attached hydrogens (tertiary/aromatic N) is 1. The first-order valence-corrected chi connectivity index (χ1v) is 8.67. The number of carbonyl (C=O) groups excluding carboxylic acids is 2. The van der Waals surface area contributed by atoms with Gasteiger partial charge in [0, 0.05) is 16.7 Å². The Morgan fingerprint density at radius 3 is 2.30 bits per heavy atom. The summed E-state index contributed by atoms with van der Waals surface area (Å²) in [5.74, 6) is -0.284. The zero-order chi connectivity index (χ0) is 19.0. The van der Waals surface area contributed by atoms with Crippen molar-refractivity contribution < 1.29 is 9.59 Å². The maximum atomic E-state index is 12.7. The third-order valence-corrected chi connectivity index (χ3v) is 4.88. The van der Waals surface area contributed by atoms with E-state index in [9.17, 15) is 9.59 Å². The highest BCUT2D eigenvalue weighted by atomic mass is 16.1. The lowest BCUT2D eigenvalue weighted by atomic mass is 10.0. The first-order valence-electron chi connectivity index (χ1n) is 8.67. The minimum Gasteiger partial charge on any atom is -0.346 e. The average molecular weight is 352 g/mol. The third kappa shape index (κ3) is 2.90. The van der Waals surface area contributed by atoms with Gasteiger partial charge in [0.15, 0.2) is 5.78 Å². The number of benzene rings is 3. The fourth-order valence-electron chi connectivity index (χ4n) is 3.38. The van der Waals surface area contributed by atoms with Gasteiger partial charge in [-0.05, 0) is 47.9 Å². The fraction of sp³-hybridized carbons (Fsp3) is 0.0870. The van der Waals surface area contributed by atoms with Crippen molar-refractivity contribution in [3.8, 4) is 17.2 Å². The predicted octanol–water partition coefficient (Wildman–Crippen LogP) is 4.26. The molecule has 0 fully saturated rings. The van der Waals surface area contributed by atoms with Crippen LogP contribution in [0.25, 0.3) is 11.1 Å². The van der Waals surface area contributed by atoms with Crippen LogP contribution in [0.15, 0.2) is 66.7 Å². The second kappa shape index (κ2) is 6.54. The molecule has 27 heavy (non-hydrogen) atoms. The smallest absolute Gasteiger partial charge is 0.251 e. The quantitative estimate of drug-likeness (QED) is 0.599. The number of hydrogen-bond acceptors (Lipinski definition) is 3. The van der Waals surface area contributed by atoms with E-state index in [4.69, 9.17) is 5.26 Å². The maximum Gasteiger partial charge on any atom is 0.251 e. The van der Waals surface area contributed by atoms with Crippen molar-refractivity contribution >= 4 is 11.7 Å². The van der Waals surface area contributed by atoms with Crippen molar-refractivity contribution in [3.05, 3.63) is 94.5 Å². The Bertz CT molecular complexity index is 1110. The molecule has 3 aromatic carbocycles. The molecule has 3 aromatic rings. The van der Waals surface area contributed by atoms with Crippen LogP contribution < -0.4 is 5.32 Å². The number of ketones is 1. The highest BCUT2D eigenvalue weighted by Gasteiger charge is 2.27. The summed E-state index contributed by atoms with van der Waals surface area (Å²) in [6.07, 6.45) is 0. The molecule has 4 heteroatoms. The van der Waals surface area contributed by atoms with Crippen molar-refractivity contribution in [1.29, 1.82) is 5.26 Å². The van der Waals surface area contributed by atoms with Gasteiger partial charge < -0.3 is 5.32 Å². The Morgan fingerprint density at radius 2 is 1.59 bits per heavy atom. The summed E-state index contributed by atoms with van der Waals surface area (Å²) in [7, 11) is 0. The van der Waals surface area contributed by atoms with Crippen molar-refractivity contribution in [2.24, 2.45) is 0 Å². The monoisotopic (exact) mass is 352 g/mol. The molecule has 0 saturated heterocycles. The van der Waals surface area contributed by atoms with E-state index >= 15 is 0 Å². The largest absolute Gasteiger partial charge is 0.346 e. The molecule has 0 spiro atoms. The van der Waals surface area contributed by atoms with Gasteiger partial charge in [-0.1, -0.05) is 42.5 Å². The molecule has 0 bridgehead atoms. The molecule has 1 atom stereocenters. The molecule has 0 aliphatic heterocycles. The van der Waals surface area contributed by atoms with Crippen LogP contribution in [-0.2, 0) is 0 Å². The van der Waals surface area contributed by atoms with E-state index in [2.05, 4.69) is 11.4 Å². The zero-order valence-corrected chi connectivity index (χ0v) is 14.7. The molecule has 0 heterocycles.